The third-order valence-electron chi connectivity index (χ3n) is 4.06. The summed E-state index contributed by atoms with van der Waals surface area (Å²) >= 11 is 0. The average molecular weight is 372 g/mol. The summed E-state index contributed by atoms with van der Waals surface area (Å²) < 4.78 is 5.49. The highest BCUT2D eigenvalue weighted by Gasteiger charge is 2.11. The molecule has 0 saturated heterocycles. The van der Waals surface area contributed by atoms with E-state index < -0.39 is 0 Å². The van der Waals surface area contributed by atoms with Crippen LogP contribution in [-0.2, 0) is 0 Å². The van der Waals surface area contributed by atoms with Gasteiger partial charge in [0.2, 0.25) is 0 Å². The summed E-state index contributed by atoms with van der Waals surface area (Å²) in [6.07, 6.45) is 3.08. The summed E-state index contributed by atoms with van der Waals surface area (Å²) in [6.45, 7) is 1.77. The van der Waals surface area contributed by atoms with Gasteiger partial charge in [-0.05, 0) is 42.5 Å². The second-order valence-electron chi connectivity index (χ2n) is 6.15. The van der Waals surface area contributed by atoms with Gasteiger partial charge < -0.3 is 15.1 Å². The highest BCUT2D eigenvalue weighted by molar-refractivity contribution is 6.07. The maximum atomic E-state index is 12.6. The van der Waals surface area contributed by atoms with Gasteiger partial charge in [-0.15, -0.1) is 0 Å². The number of nitrogens with one attached hydrogen (secondary N) is 2. The molecular weight excluding hydrogens is 356 g/mol. The zero-order chi connectivity index (χ0) is 19.5. The van der Waals surface area contributed by atoms with E-state index in [1.165, 1.54) is 6.20 Å². The van der Waals surface area contributed by atoms with Crippen LogP contribution >= 0.6 is 0 Å². The third kappa shape index (κ3) is 3.73. The number of benzene rings is 2. The number of amides is 2. The minimum atomic E-state index is -0.298. The second-order valence-corrected chi connectivity index (χ2v) is 6.15. The number of carbonyl (C=O) groups excluding carboxylic acids is 2. The normalized spacial score (nSPS) is 10.6. The number of pyridine rings is 1. The molecule has 0 saturated carbocycles. The average Bonchev–Trinajstić information content (AvgIpc) is 3.08. The summed E-state index contributed by atoms with van der Waals surface area (Å²) in [6, 6.07) is 15.3. The highest BCUT2D eigenvalue weighted by Crippen LogP contribution is 2.21. The van der Waals surface area contributed by atoms with Crippen molar-refractivity contribution in [1.82, 2.24) is 9.97 Å². The monoisotopic (exact) mass is 372 g/mol. The maximum Gasteiger partial charge on any atom is 0.257 e. The number of oxazole rings is 1. The smallest absolute Gasteiger partial charge is 0.257 e. The van der Waals surface area contributed by atoms with Crippen LogP contribution in [0.25, 0.3) is 11.1 Å². The summed E-state index contributed by atoms with van der Waals surface area (Å²) in [5.74, 6) is -0.0274. The standard InChI is InChI=1S/C21H16N4O3/c1-13-23-18-8-7-17(11-19(18)28-13)25-20(26)14-4-2-6-16(10-14)24-21(27)15-5-3-9-22-12-15/h2-12H,1H3,(H,24,27)(H,25,26). The van der Waals surface area contributed by atoms with Gasteiger partial charge in [-0.3, -0.25) is 14.6 Å². The number of fused-ring (bicyclic) bond motifs is 1. The number of aromatic nitrogens is 2. The van der Waals surface area contributed by atoms with E-state index in [9.17, 15) is 9.59 Å². The minimum Gasteiger partial charge on any atom is -0.441 e. The number of nitrogens with zero attached hydrogens (tertiary/aromatic N) is 2. The fourth-order valence-electron chi connectivity index (χ4n) is 2.76. The van der Waals surface area contributed by atoms with Gasteiger partial charge in [0.25, 0.3) is 11.8 Å². The molecule has 138 valence electrons. The largest absolute Gasteiger partial charge is 0.441 e. The molecule has 7 nitrogen and oxygen atoms in total. The van der Waals surface area contributed by atoms with E-state index >= 15 is 0 Å². The van der Waals surface area contributed by atoms with Crippen molar-refractivity contribution >= 4 is 34.3 Å². The fourth-order valence-corrected chi connectivity index (χ4v) is 2.76. The molecule has 4 rings (SSSR count). The number of carbonyl (C=O) groups is 2. The molecule has 0 aliphatic carbocycles. The first-order chi connectivity index (χ1) is 13.6. The van der Waals surface area contributed by atoms with Crippen molar-refractivity contribution in [2.75, 3.05) is 10.6 Å². The van der Waals surface area contributed by atoms with Gasteiger partial charge >= 0.3 is 0 Å². The third-order valence-corrected chi connectivity index (χ3v) is 4.06. The predicted octanol–water partition coefficient (Wildman–Crippen LogP) is 4.04. The predicted molar refractivity (Wildman–Crippen MR) is 105 cm³/mol. The topological polar surface area (TPSA) is 97.1 Å². The Bertz CT molecular complexity index is 1170. The molecule has 2 heterocycles. The van der Waals surface area contributed by atoms with Crippen LogP contribution in [-0.4, -0.2) is 21.8 Å². The van der Waals surface area contributed by atoms with Gasteiger partial charge in [0, 0.05) is 42.3 Å². The lowest BCUT2D eigenvalue weighted by Gasteiger charge is -2.08. The summed E-state index contributed by atoms with van der Waals surface area (Å²) in [5.41, 5.74) is 3.30. The Morgan fingerprint density at radius 1 is 0.893 bits per heavy atom. The van der Waals surface area contributed by atoms with E-state index in [0.717, 1.165) is 5.52 Å². The van der Waals surface area contributed by atoms with E-state index in [4.69, 9.17) is 4.42 Å². The number of aryl methyl sites for hydroxylation is 1. The van der Waals surface area contributed by atoms with Crippen molar-refractivity contribution in [3.05, 3.63) is 84.0 Å². The van der Waals surface area contributed by atoms with Crippen molar-refractivity contribution in [2.45, 2.75) is 6.92 Å². The van der Waals surface area contributed by atoms with Crippen LogP contribution in [0, 0.1) is 6.92 Å². The van der Waals surface area contributed by atoms with E-state index in [1.54, 1.807) is 67.7 Å². The van der Waals surface area contributed by atoms with Crippen LogP contribution in [0.1, 0.15) is 26.6 Å². The van der Waals surface area contributed by atoms with Gasteiger partial charge in [0.05, 0.1) is 5.56 Å². The maximum absolute atomic E-state index is 12.6. The number of rotatable bonds is 4. The zero-order valence-corrected chi connectivity index (χ0v) is 15.0. The van der Waals surface area contributed by atoms with Crippen molar-refractivity contribution in [3.8, 4) is 0 Å². The molecule has 2 aromatic heterocycles. The van der Waals surface area contributed by atoms with Crippen LogP contribution in [0.3, 0.4) is 0 Å². The lowest BCUT2D eigenvalue weighted by atomic mass is 10.1. The Balaban J connectivity index is 1.49. The molecule has 28 heavy (non-hydrogen) atoms. The van der Waals surface area contributed by atoms with Crippen LogP contribution in [0.4, 0.5) is 11.4 Å². The fraction of sp³-hybridized carbons (Fsp3) is 0.0476. The SMILES string of the molecule is Cc1nc2ccc(NC(=O)c3cccc(NC(=O)c4cccnc4)c3)cc2o1. The molecule has 0 atom stereocenters. The molecule has 4 aromatic rings. The van der Waals surface area contributed by atoms with E-state index in [1.807, 2.05) is 0 Å². The lowest BCUT2D eigenvalue weighted by molar-refractivity contribution is 0.101. The Hall–Kier alpha value is -4.00. The second kappa shape index (κ2) is 7.32. The Labute approximate surface area is 160 Å². The molecule has 0 aliphatic rings. The molecule has 2 aromatic carbocycles. The van der Waals surface area contributed by atoms with Gasteiger partial charge in [-0.25, -0.2) is 4.98 Å². The number of hydrogen-bond acceptors (Lipinski definition) is 5. The number of hydrogen-bond donors (Lipinski definition) is 2. The first kappa shape index (κ1) is 17.4. The molecule has 0 radical (unpaired) electrons. The molecule has 2 N–H and O–H groups in total. The Morgan fingerprint density at radius 2 is 1.64 bits per heavy atom. The van der Waals surface area contributed by atoms with Crippen LogP contribution < -0.4 is 10.6 Å². The first-order valence-corrected chi connectivity index (χ1v) is 8.58. The van der Waals surface area contributed by atoms with Crippen LogP contribution in [0.2, 0.25) is 0 Å². The van der Waals surface area contributed by atoms with Crippen LogP contribution in [0.5, 0.6) is 0 Å². The molecule has 0 fully saturated rings. The molecule has 0 unspecified atom stereocenters. The Kier molecular flexibility index (Phi) is 4.55. The van der Waals surface area contributed by atoms with E-state index in [-0.39, 0.29) is 11.8 Å². The summed E-state index contributed by atoms with van der Waals surface area (Å²) in [7, 11) is 0. The molecule has 0 aliphatic heterocycles. The van der Waals surface area contributed by atoms with Crippen molar-refractivity contribution < 1.29 is 14.0 Å². The van der Waals surface area contributed by atoms with Gasteiger partial charge in [0.1, 0.15) is 5.52 Å². The van der Waals surface area contributed by atoms with Crippen LogP contribution in [0.15, 0.2) is 71.4 Å². The van der Waals surface area contributed by atoms with Crippen molar-refractivity contribution in [3.63, 3.8) is 0 Å². The Morgan fingerprint density at radius 3 is 2.43 bits per heavy atom. The van der Waals surface area contributed by atoms with Gasteiger partial charge in [0.15, 0.2) is 11.5 Å². The van der Waals surface area contributed by atoms with Gasteiger partial charge in [-0.2, -0.15) is 0 Å². The quantitative estimate of drug-likeness (QED) is 0.564. The zero-order valence-electron chi connectivity index (χ0n) is 15.0. The first-order valence-electron chi connectivity index (χ1n) is 8.58. The molecule has 0 bridgehead atoms. The molecular formula is C21H16N4O3. The van der Waals surface area contributed by atoms with E-state index in [2.05, 4.69) is 20.6 Å². The minimum absolute atomic E-state index is 0.295. The number of anilines is 2. The summed E-state index contributed by atoms with van der Waals surface area (Å²) in [5, 5.41) is 5.58. The molecule has 0 spiro atoms. The van der Waals surface area contributed by atoms with E-state index in [0.29, 0.717) is 34.0 Å². The molecule has 7 heteroatoms. The van der Waals surface area contributed by atoms with Crippen molar-refractivity contribution in [2.24, 2.45) is 0 Å². The molecule has 2 amide bonds. The van der Waals surface area contributed by atoms with Crippen molar-refractivity contribution in [1.29, 1.82) is 0 Å². The lowest BCUT2D eigenvalue weighted by Crippen LogP contribution is -2.14. The summed E-state index contributed by atoms with van der Waals surface area (Å²) in [4.78, 5) is 33.0. The van der Waals surface area contributed by atoms with Gasteiger partial charge in [-0.1, -0.05) is 6.07 Å². The highest BCUT2D eigenvalue weighted by atomic mass is 16.3.